The zero-order valence-corrected chi connectivity index (χ0v) is 8.44. The van der Waals surface area contributed by atoms with Crippen LogP contribution in [0.15, 0.2) is 0 Å². The fraction of sp³-hybridized carbons (Fsp3) is 0.667. The number of hydrogen-bond donors (Lipinski definition) is 0. The summed E-state index contributed by atoms with van der Waals surface area (Å²) in [5, 5.41) is 8.09. The maximum atomic E-state index is 4.42. The van der Waals surface area contributed by atoms with Crippen molar-refractivity contribution in [2.45, 2.75) is 39.7 Å². The van der Waals surface area contributed by atoms with Crippen molar-refractivity contribution in [3.05, 3.63) is 5.69 Å². The molecule has 0 aliphatic carbocycles. The summed E-state index contributed by atoms with van der Waals surface area (Å²) in [6.07, 6.45) is 0. The summed E-state index contributed by atoms with van der Waals surface area (Å²) in [7, 11) is 0. The molecule has 0 aliphatic heterocycles. The van der Waals surface area contributed by atoms with Gasteiger partial charge in [-0.15, -0.1) is 10.2 Å². The van der Waals surface area contributed by atoms with Gasteiger partial charge < -0.3 is 0 Å². The first kappa shape index (κ1) is 8.41. The van der Waals surface area contributed by atoms with E-state index in [1.807, 2.05) is 0 Å². The van der Waals surface area contributed by atoms with Crippen LogP contribution in [0.25, 0.3) is 11.4 Å². The van der Waals surface area contributed by atoms with Crippen molar-refractivity contribution in [1.82, 2.24) is 19.7 Å². The van der Waals surface area contributed by atoms with E-state index >= 15 is 0 Å². The third kappa shape index (κ3) is 1.08. The molecule has 0 saturated heterocycles. The zero-order valence-electron chi connectivity index (χ0n) is 8.44. The quantitative estimate of drug-likeness (QED) is 0.706. The van der Waals surface area contributed by atoms with E-state index in [-0.39, 0.29) is 0 Å². The van der Waals surface area contributed by atoms with Crippen molar-refractivity contribution in [3.63, 3.8) is 0 Å². The minimum atomic E-state index is 0.389. The van der Waals surface area contributed by atoms with Gasteiger partial charge in [-0.25, -0.2) is 4.98 Å². The Bertz CT molecular complexity index is 402. The first-order chi connectivity index (χ1) is 6.11. The predicted octanol–water partition coefficient (Wildman–Crippen LogP) is 1.97. The molecule has 2 aromatic rings. The Morgan fingerprint density at radius 1 is 1.08 bits per heavy atom. The largest absolute Gasteiger partial charge is 0.288 e. The minimum Gasteiger partial charge on any atom is -0.288 e. The molecular weight excluding hydrogens is 164 g/mol. The summed E-state index contributed by atoms with van der Waals surface area (Å²) >= 11 is 0. The molecule has 0 atom stereocenters. The lowest BCUT2D eigenvalue weighted by Crippen LogP contribution is -1.98. The van der Waals surface area contributed by atoms with Crippen LogP contribution in [-0.2, 0) is 0 Å². The monoisotopic (exact) mass is 178 g/mol. The van der Waals surface area contributed by atoms with Gasteiger partial charge >= 0.3 is 0 Å². The van der Waals surface area contributed by atoms with E-state index in [4.69, 9.17) is 0 Å². The Balaban J connectivity index is 2.61. The molecule has 2 aromatic heterocycles. The van der Waals surface area contributed by atoms with Crippen molar-refractivity contribution < 1.29 is 0 Å². The van der Waals surface area contributed by atoms with Gasteiger partial charge in [0.15, 0.2) is 5.65 Å². The van der Waals surface area contributed by atoms with Crippen LogP contribution < -0.4 is 0 Å². The lowest BCUT2D eigenvalue weighted by Gasteiger charge is -2.04. The fourth-order valence-corrected chi connectivity index (χ4v) is 1.55. The Kier molecular flexibility index (Phi) is 1.71. The maximum Gasteiger partial charge on any atom is 0.251 e. The number of aromatic nitrogens is 4. The van der Waals surface area contributed by atoms with Crippen LogP contribution in [-0.4, -0.2) is 19.7 Å². The van der Waals surface area contributed by atoms with E-state index < -0.39 is 0 Å². The second kappa shape index (κ2) is 2.65. The maximum absolute atomic E-state index is 4.42. The molecule has 0 radical (unpaired) electrons. The number of fused-ring (bicyclic) bond motifs is 2. The van der Waals surface area contributed by atoms with Crippen LogP contribution in [0.1, 0.15) is 45.3 Å². The normalized spacial score (nSPS) is 12.5. The van der Waals surface area contributed by atoms with E-state index in [2.05, 4.69) is 47.4 Å². The first-order valence-corrected chi connectivity index (χ1v) is 4.65. The summed E-state index contributed by atoms with van der Waals surface area (Å²) in [5.74, 6) is 1.18. The van der Waals surface area contributed by atoms with Gasteiger partial charge in [0, 0.05) is 6.04 Å². The fourth-order valence-electron chi connectivity index (χ4n) is 1.55. The molecule has 0 fully saturated rings. The molecule has 0 aliphatic rings. The molecule has 0 aromatic carbocycles. The number of rotatable bonds is 2. The van der Waals surface area contributed by atoms with Crippen molar-refractivity contribution in [2.75, 3.05) is 0 Å². The molecule has 4 nitrogen and oxygen atoms in total. The highest BCUT2D eigenvalue weighted by molar-refractivity contribution is 5.56. The molecule has 70 valence electrons. The summed E-state index contributed by atoms with van der Waals surface area (Å²) in [6.45, 7) is 8.49. The van der Waals surface area contributed by atoms with Gasteiger partial charge in [-0.1, -0.05) is 13.8 Å². The highest BCUT2D eigenvalue weighted by atomic mass is 15.3. The molecule has 4 heteroatoms. The van der Waals surface area contributed by atoms with E-state index in [0.29, 0.717) is 12.0 Å². The number of nitrogens with zero attached hydrogens (tertiary/aromatic N) is 4. The van der Waals surface area contributed by atoms with E-state index in [1.54, 1.807) is 0 Å². The van der Waals surface area contributed by atoms with Crippen LogP contribution in [0, 0.1) is 0 Å². The Labute approximate surface area is 77.3 Å². The molecule has 0 spiro atoms. The Morgan fingerprint density at radius 2 is 1.77 bits per heavy atom. The summed E-state index contributed by atoms with van der Waals surface area (Å²) in [4.78, 5) is 4.42. The molecule has 0 N–H and O–H groups in total. The number of imidazole rings is 1. The number of hydrogen-bond acceptors (Lipinski definition) is 3. The standard InChI is InChI=1S/C9H14N4/c1-5(2)7-8-11-12-9(10-7)13(8)6(3)4/h5-6H,1-4H3. The van der Waals surface area contributed by atoms with Crippen LogP contribution in [0.4, 0.5) is 0 Å². The third-order valence-corrected chi connectivity index (χ3v) is 2.19. The lowest BCUT2D eigenvalue weighted by atomic mass is 10.1. The lowest BCUT2D eigenvalue weighted by molar-refractivity contribution is 0.637. The second-order valence-corrected chi connectivity index (χ2v) is 3.94. The van der Waals surface area contributed by atoms with Crippen molar-refractivity contribution in [3.8, 4) is 0 Å². The summed E-state index contributed by atoms with van der Waals surface area (Å²) < 4.78 is 2.08. The average molecular weight is 178 g/mol. The van der Waals surface area contributed by atoms with Gasteiger partial charge in [0.05, 0.1) is 5.69 Å². The average Bonchev–Trinajstić information content (AvgIpc) is 2.58. The van der Waals surface area contributed by atoms with Gasteiger partial charge in [0.1, 0.15) is 0 Å². The van der Waals surface area contributed by atoms with E-state index in [0.717, 1.165) is 17.1 Å². The summed E-state index contributed by atoms with van der Waals surface area (Å²) in [6, 6.07) is 0.389. The third-order valence-electron chi connectivity index (χ3n) is 2.19. The van der Waals surface area contributed by atoms with E-state index in [1.165, 1.54) is 0 Å². The predicted molar refractivity (Wildman–Crippen MR) is 51.0 cm³/mol. The SMILES string of the molecule is CC(C)c1nc2nnc1n2C(C)C. The second-order valence-electron chi connectivity index (χ2n) is 3.94. The molecule has 2 bridgehead atoms. The van der Waals surface area contributed by atoms with Crippen molar-refractivity contribution in [2.24, 2.45) is 0 Å². The van der Waals surface area contributed by atoms with Crippen LogP contribution in [0.5, 0.6) is 0 Å². The van der Waals surface area contributed by atoms with Gasteiger partial charge in [0.2, 0.25) is 0 Å². The minimum absolute atomic E-state index is 0.389. The van der Waals surface area contributed by atoms with Crippen LogP contribution >= 0.6 is 0 Å². The van der Waals surface area contributed by atoms with E-state index in [9.17, 15) is 0 Å². The molecule has 0 amide bonds. The van der Waals surface area contributed by atoms with Gasteiger partial charge in [-0.2, -0.15) is 0 Å². The Hall–Kier alpha value is -1.19. The van der Waals surface area contributed by atoms with Crippen molar-refractivity contribution >= 4 is 11.4 Å². The first-order valence-electron chi connectivity index (χ1n) is 4.65. The van der Waals surface area contributed by atoms with Gasteiger partial charge in [-0.3, -0.25) is 4.57 Å². The molecule has 13 heavy (non-hydrogen) atoms. The molecule has 0 saturated carbocycles. The van der Waals surface area contributed by atoms with Gasteiger partial charge in [0.25, 0.3) is 5.78 Å². The molecule has 0 unspecified atom stereocenters. The van der Waals surface area contributed by atoms with Crippen LogP contribution in [0.2, 0.25) is 0 Å². The smallest absolute Gasteiger partial charge is 0.251 e. The Morgan fingerprint density at radius 3 is 2.15 bits per heavy atom. The molecule has 2 heterocycles. The topological polar surface area (TPSA) is 43.6 Å². The highest BCUT2D eigenvalue weighted by Gasteiger charge is 2.19. The zero-order chi connectivity index (χ0) is 9.59. The molecule has 2 rings (SSSR count). The van der Waals surface area contributed by atoms with Crippen LogP contribution in [0.3, 0.4) is 0 Å². The van der Waals surface area contributed by atoms with Crippen molar-refractivity contribution in [1.29, 1.82) is 0 Å². The molecular formula is C9H14N4. The summed E-state index contributed by atoms with van der Waals surface area (Å²) in [5.41, 5.74) is 2.01. The van der Waals surface area contributed by atoms with Gasteiger partial charge in [-0.05, 0) is 19.8 Å². The highest BCUT2D eigenvalue weighted by Crippen LogP contribution is 2.24.